The number of ketones is 1. The van der Waals surface area contributed by atoms with Gasteiger partial charge in [-0.3, -0.25) is 4.79 Å². The molecule has 0 bridgehead atoms. The van der Waals surface area contributed by atoms with Gasteiger partial charge in [-0.15, -0.1) is 0 Å². The fraction of sp³-hybridized carbons (Fsp3) is 0.0714. The molecule has 39 heavy (non-hydrogen) atoms. The summed E-state index contributed by atoms with van der Waals surface area (Å²) in [4.78, 5) is 34.4. The minimum Gasteiger partial charge on any atom is -0.308 e. The van der Waals surface area contributed by atoms with E-state index in [1.165, 1.54) is 24.4 Å². The molecule has 0 spiro atoms. The highest BCUT2D eigenvalue weighted by Crippen LogP contribution is 2.34. The fourth-order valence-electron chi connectivity index (χ4n) is 4.07. The molecule has 0 atom stereocenters. The molecule has 0 radical (unpaired) electrons. The molecule has 0 saturated carbocycles. The third kappa shape index (κ3) is 5.65. The number of anilines is 2. The van der Waals surface area contributed by atoms with E-state index in [9.17, 15) is 27.2 Å². The number of nitrogens with one attached hydrogen (secondary N) is 2. The predicted molar refractivity (Wildman–Crippen MR) is 142 cm³/mol. The first kappa shape index (κ1) is 26.1. The van der Waals surface area contributed by atoms with Crippen molar-refractivity contribution >= 4 is 52.4 Å². The van der Waals surface area contributed by atoms with E-state index >= 15 is 0 Å². The van der Waals surface area contributed by atoms with Gasteiger partial charge in [-0.05, 0) is 53.6 Å². The Bertz CT molecular complexity index is 1620. The Morgan fingerprint density at radius 2 is 1.72 bits per heavy atom. The van der Waals surface area contributed by atoms with Crippen molar-refractivity contribution in [1.82, 2.24) is 0 Å². The first-order chi connectivity index (χ1) is 18.6. The average Bonchev–Trinajstić information content (AvgIpc) is 3.32. The summed E-state index contributed by atoms with van der Waals surface area (Å²) in [6.07, 6.45) is -1.11. The summed E-state index contributed by atoms with van der Waals surface area (Å²) in [6, 6.07) is 13.9. The number of nitrogens with zero attached hydrogens (tertiary/aromatic N) is 2. The zero-order valence-corrected chi connectivity index (χ0v) is 20.6. The molecule has 2 heterocycles. The number of aliphatic imine (C=N–C) groups is 2. The van der Waals surface area contributed by atoms with Gasteiger partial charge in [0.2, 0.25) is 0 Å². The van der Waals surface area contributed by atoms with Crippen LogP contribution in [-0.4, -0.2) is 23.9 Å². The molecule has 3 aromatic rings. The molecular weight excluding hydrogens is 536 g/mol. The number of benzene rings is 3. The van der Waals surface area contributed by atoms with Crippen molar-refractivity contribution in [3.05, 3.63) is 112 Å². The largest absolute Gasteiger partial charge is 0.416 e. The Kier molecular flexibility index (Phi) is 6.88. The van der Waals surface area contributed by atoms with Crippen LogP contribution in [-0.2, 0) is 6.18 Å². The second-order valence-corrected chi connectivity index (χ2v) is 9.03. The second kappa shape index (κ2) is 10.3. The minimum atomic E-state index is -4.57. The van der Waals surface area contributed by atoms with Crippen LogP contribution in [0.4, 0.5) is 33.7 Å². The molecule has 0 saturated heterocycles. The van der Waals surface area contributed by atoms with E-state index in [2.05, 4.69) is 20.6 Å². The van der Waals surface area contributed by atoms with Gasteiger partial charge in [0.15, 0.2) is 11.6 Å². The van der Waals surface area contributed by atoms with Crippen molar-refractivity contribution in [2.75, 3.05) is 10.6 Å². The summed E-state index contributed by atoms with van der Waals surface area (Å²) in [5, 5.41) is 4.65. The first-order valence-corrected chi connectivity index (χ1v) is 11.9. The standard InChI is InChI=1S/C28H17ClF4N4O2/c29-23-12-18(28(31,32)33)6-9-24(23)37-27(39)36-20-3-1-2-16(10-20)25(38)22-14-35-26-21(22)11-17(13-34-26)15-4-7-19(30)8-5-15/h1-10,12-14H,11H2,(H2,36,37,39). The van der Waals surface area contributed by atoms with Crippen LogP contribution in [0, 0.1) is 5.82 Å². The van der Waals surface area contributed by atoms with Crippen molar-refractivity contribution in [3.63, 3.8) is 0 Å². The molecule has 2 aliphatic rings. The van der Waals surface area contributed by atoms with E-state index in [1.807, 2.05) is 0 Å². The molecule has 0 unspecified atom stereocenters. The molecule has 0 aromatic heterocycles. The van der Waals surface area contributed by atoms with Gasteiger partial charge in [-0.25, -0.2) is 19.2 Å². The van der Waals surface area contributed by atoms with E-state index in [-0.39, 0.29) is 33.6 Å². The van der Waals surface area contributed by atoms with Crippen molar-refractivity contribution < 1.29 is 27.2 Å². The lowest BCUT2D eigenvalue weighted by molar-refractivity contribution is -0.137. The highest BCUT2D eigenvalue weighted by molar-refractivity contribution is 6.34. The van der Waals surface area contributed by atoms with Gasteiger partial charge in [0, 0.05) is 41.2 Å². The maximum absolute atomic E-state index is 13.4. The molecule has 2 aliphatic heterocycles. The molecule has 0 fully saturated rings. The number of alkyl halides is 3. The van der Waals surface area contributed by atoms with E-state index in [0.29, 0.717) is 29.5 Å². The Morgan fingerprint density at radius 3 is 2.44 bits per heavy atom. The summed E-state index contributed by atoms with van der Waals surface area (Å²) in [7, 11) is 0. The van der Waals surface area contributed by atoms with Crippen LogP contribution in [0.3, 0.4) is 0 Å². The molecule has 2 amide bonds. The number of amidine groups is 1. The van der Waals surface area contributed by atoms with Crippen LogP contribution in [0.15, 0.2) is 94.1 Å². The molecule has 11 heteroatoms. The SMILES string of the molecule is O=C(Nc1cccc(C(=O)C2=C3CC(c4ccc(F)cc4)=CN=C3N=C2)c1)Nc1ccc(C(F)(F)F)cc1Cl. The summed E-state index contributed by atoms with van der Waals surface area (Å²) < 4.78 is 51.9. The minimum absolute atomic E-state index is 0.0161. The molecule has 196 valence electrons. The van der Waals surface area contributed by atoms with Crippen LogP contribution in [0.5, 0.6) is 0 Å². The number of rotatable bonds is 5. The lowest BCUT2D eigenvalue weighted by atomic mass is 9.92. The lowest BCUT2D eigenvalue weighted by Gasteiger charge is -2.14. The van der Waals surface area contributed by atoms with Crippen molar-refractivity contribution in [2.24, 2.45) is 9.98 Å². The molecule has 5 rings (SSSR count). The Morgan fingerprint density at radius 1 is 0.949 bits per heavy atom. The zero-order chi connectivity index (χ0) is 27.7. The molecular formula is C28H17ClF4N4O2. The van der Waals surface area contributed by atoms with Crippen molar-refractivity contribution in [3.8, 4) is 0 Å². The number of hydrogen-bond donors (Lipinski definition) is 2. The maximum Gasteiger partial charge on any atom is 0.416 e. The number of hydrogen-bond acceptors (Lipinski definition) is 4. The lowest BCUT2D eigenvalue weighted by Crippen LogP contribution is -2.20. The van der Waals surface area contributed by atoms with Gasteiger partial charge < -0.3 is 10.6 Å². The second-order valence-electron chi connectivity index (χ2n) is 8.62. The quantitative estimate of drug-likeness (QED) is 0.253. The summed E-state index contributed by atoms with van der Waals surface area (Å²) in [6.45, 7) is 0. The predicted octanol–water partition coefficient (Wildman–Crippen LogP) is 7.55. The number of halogens is 5. The number of fused-ring (bicyclic) bond motifs is 1. The van der Waals surface area contributed by atoms with E-state index in [1.54, 1.807) is 36.5 Å². The van der Waals surface area contributed by atoms with Crippen molar-refractivity contribution in [2.45, 2.75) is 12.6 Å². The van der Waals surface area contributed by atoms with Gasteiger partial charge in [-0.1, -0.05) is 35.9 Å². The number of amides is 2. The van der Waals surface area contributed by atoms with Crippen LogP contribution in [0.2, 0.25) is 5.02 Å². The van der Waals surface area contributed by atoms with Crippen molar-refractivity contribution in [1.29, 1.82) is 0 Å². The van der Waals surface area contributed by atoms with Crippen LogP contribution in [0.25, 0.3) is 5.57 Å². The van der Waals surface area contributed by atoms with E-state index in [4.69, 9.17) is 11.6 Å². The van der Waals surface area contributed by atoms with E-state index < -0.39 is 17.8 Å². The monoisotopic (exact) mass is 552 g/mol. The summed E-state index contributed by atoms with van der Waals surface area (Å²) in [5.41, 5.74) is 2.14. The summed E-state index contributed by atoms with van der Waals surface area (Å²) in [5.74, 6) is -0.274. The number of allylic oxidation sites excluding steroid dienone is 2. The molecule has 2 N–H and O–H groups in total. The smallest absolute Gasteiger partial charge is 0.308 e. The normalized spacial score (nSPS) is 14.5. The van der Waals surface area contributed by atoms with Gasteiger partial charge in [0.1, 0.15) is 5.82 Å². The van der Waals surface area contributed by atoms with Gasteiger partial charge in [0.25, 0.3) is 0 Å². The highest BCUT2D eigenvalue weighted by Gasteiger charge is 2.31. The number of Topliss-reactive ketones (excluding diaryl/α,β-unsaturated/α-hetero) is 1. The van der Waals surface area contributed by atoms with E-state index in [0.717, 1.165) is 23.3 Å². The molecule has 6 nitrogen and oxygen atoms in total. The third-order valence-corrected chi connectivity index (χ3v) is 6.32. The molecule has 3 aromatic carbocycles. The average molecular weight is 553 g/mol. The van der Waals surface area contributed by atoms with Crippen LogP contribution in [0.1, 0.15) is 27.9 Å². The van der Waals surface area contributed by atoms with Gasteiger partial charge >= 0.3 is 12.2 Å². The third-order valence-electron chi connectivity index (χ3n) is 6.01. The zero-order valence-electron chi connectivity index (χ0n) is 19.8. The number of urea groups is 1. The van der Waals surface area contributed by atoms with Gasteiger partial charge in [-0.2, -0.15) is 13.2 Å². The topological polar surface area (TPSA) is 82.9 Å². The first-order valence-electron chi connectivity index (χ1n) is 11.5. The summed E-state index contributed by atoms with van der Waals surface area (Å²) >= 11 is 5.90. The van der Waals surface area contributed by atoms with Crippen LogP contribution >= 0.6 is 11.6 Å². The molecule has 0 aliphatic carbocycles. The highest BCUT2D eigenvalue weighted by atomic mass is 35.5. The number of carbonyl (C=O) groups is 2. The Balaban J connectivity index is 1.31. The Hall–Kier alpha value is -4.57. The number of carbonyl (C=O) groups excluding carboxylic acids is 2. The fourth-order valence-corrected chi connectivity index (χ4v) is 4.30. The maximum atomic E-state index is 13.4. The Labute approximate surface area is 224 Å². The van der Waals surface area contributed by atoms with Crippen LogP contribution < -0.4 is 10.6 Å². The van der Waals surface area contributed by atoms with Gasteiger partial charge in [0.05, 0.1) is 16.3 Å².